The third-order valence-electron chi connectivity index (χ3n) is 2.98. The van der Waals surface area contributed by atoms with Gasteiger partial charge in [-0.1, -0.05) is 45.9 Å². The molecule has 1 aromatic carbocycles. The smallest absolute Gasteiger partial charge is 0.129 e. The Labute approximate surface area is 116 Å². The number of benzene rings is 1. The second kappa shape index (κ2) is 8.28. The van der Waals surface area contributed by atoms with Crippen molar-refractivity contribution in [3.8, 4) is 0 Å². The highest BCUT2D eigenvalue weighted by atomic mass is 19.1. The van der Waals surface area contributed by atoms with Crippen molar-refractivity contribution in [2.24, 2.45) is 5.92 Å². The summed E-state index contributed by atoms with van der Waals surface area (Å²) in [5.41, 5.74) is 0.638. The third kappa shape index (κ3) is 6.17. The van der Waals surface area contributed by atoms with Crippen LogP contribution in [0.2, 0.25) is 0 Å². The van der Waals surface area contributed by atoms with E-state index in [1.54, 1.807) is 12.1 Å². The van der Waals surface area contributed by atoms with Gasteiger partial charge in [0.1, 0.15) is 5.82 Å². The Balaban J connectivity index is 2.66. The van der Waals surface area contributed by atoms with Crippen molar-refractivity contribution >= 4 is 0 Å². The standard InChI is InChI=1S/C16H26FNO/c1-12(2)9-10-19-16(11-18-13(3)4)14-7-5-6-8-15(14)17/h5-8,12-13,16,18H,9-11H2,1-4H3. The zero-order chi connectivity index (χ0) is 14.3. The quantitative estimate of drug-likeness (QED) is 0.770. The number of nitrogens with one attached hydrogen (secondary N) is 1. The molecule has 1 aromatic rings. The predicted octanol–water partition coefficient (Wildman–Crippen LogP) is 3.93. The fraction of sp³-hybridized carbons (Fsp3) is 0.625. The van der Waals surface area contributed by atoms with E-state index in [9.17, 15) is 4.39 Å². The van der Waals surface area contributed by atoms with Crippen molar-refractivity contribution in [2.75, 3.05) is 13.2 Å². The number of hydrogen-bond donors (Lipinski definition) is 1. The predicted molar refractivity (Wildman–Crippen MR) is 77.7 cm³/mol. The first-order valence-electron chi connectivity index (χ1n) is 7.10. The van der Waals surface area contributed by atoms with Gasteiger partial charge >= 0.3 is 0 Å². The van der Waals surface area contributed by atoms with Gasteiger partial charge in [-0.05, 0) is 18.4 Å². The molecule has 1 unspecified atom stereocenters. The summed E-state index contributed by atoms with van der Waals surface area (Å²) in [7, 11) is 0. The SMILES string of the molecule is CC(C)CCOC(CNC(C)C)c1ccccc1F. The molecular formula is C16H26FNO. The van der Waals surface area contributed by atoms with E-state index in [0.717, 1.165) is 6.42 Å². The molecule has 1 rings (SSSR count). The normalized spacial score (nSPS) is 13.2. The average Bonchev–Trinajstić information content (AvgIpc) is 2.34. The van der Waals surface area contributed by atoms with E-state index in [0.29, 0.717) is 30.7 Å². The Bertz CT molecular complexity index is 366. The van der Waals surface area contributed by atoms with Crippen LogP contribution in [0.1, 0.15) is 45.8 Å². The molecule has 2 nitrogen and oxygen atoms in total. The fourth-order valence-electron chi connectivity index (χ4n) is 1.78. The summed E-state index contributed by atoms with van der Waals surface area (Å²) >= 11 is 0. The monoisotopic (exact) mass is 267 g/mol. The van der Waals surface area contributed by atoms with Gasteiger partial charge in [0.25, 0.3) is 0 Å². The third-order valence-corrected chi connectivity index (χ3v) is 2.98. The van der Waals surface area contributed by atoms with Crippen LogP contribution in [0, 0.1) is 11.7 Å². The first kappa shape index (κ1) is 16.1. The van der Waals surface area contributed by atoms with Crippen LogP contribution in [0.4, 0.5) is 4.39 Å². The van der Waals surface area contributed by atoms with Gasteiger partial charge in [0.2, 0.25) is 0 Å². The highest BCUT2D eigenvalue weighted by Crippen LogP contribution is 2.21. The first-order valence-corrected chi connectivity index (χ1v) is 7.10. The number of halogens is 1. The van der Waals surface area contributed by atoms with E-state index in [-0.39, 0.29) is 11.9 Å². The molecule has 0 aliphatic carbocycles. The average molecular weight is 267 g/mol. The molecule has 3 heteroatoms. The number of rotatable bonds is 8. The highest BCUT2D eigenvalue weighted by molar-refractivity contribution is 5.20. The van der Waals surface area contributed by atoms with Crippen molar-refractivity contribution in [1.82, 2.24) is 5.32 Å². The molecule has 19 heavy (non-hydrogen) atoms. The minimum Gasteiger partial charge on any atom is -0.372 e. The number of ether oxygens (including phenoxy) is 1. The van der Waals surface area contributed by atoms with Crippen molar-refractivity contribution in [2.45, 2.75) is 46.3 Å². The molecule has 0 aliphatic heterocycles. The highest BCUT2D eigenvalue weighted by Gasteiger charge is 2.16. The molecule has 0 heterocycles. The summed E-state index contributed by atoms with van der Waals surface area (Å²) in [5.74, 6) is 0.405. The van der Waals surface area contributed by atoms with E-state index in [2.05, 4.69) is 33.0 Å². The molecule has 0 aromatic heterocycles. The molecule has 0 saturated heterocycles. The van der Waals surface area contributed by atoms with Crippen LogP contribution in [0.25, 0.3) is 0 Å². The second-order valence-electron chi connectivity index (χ2n) is 5.63. The zero-order valence-electron chi connectivity index (χ0n) is 12.4. The van der Waals surface area contributed by atoms with Gasteiger partial charge in [0, 0.05) is 24.8 Å². The van der Waals surface area contributed by atoms with Gasteiger partial charge in [-0.3, -0.25) is 0 Å². The molecule has 0 bridgehead atoms. The van der Waals surface area contributed by atoms with Crippen LogP contribution < -0.4 is 5.32 Å². The van der Waals surface area contributed by atoms with E-state index < -0.39 is 0 Å². The van der Waals surface area contributed by atoms with Crippen LogP contribution >= 0.6 is 0 Å². The Kier molecular flexibility index (Phi) is 7.03. The number of hydrogen-bond acceptors (Lipinski definition) is 2. The van der Waals surface area contributed by atoms with E-state index >= 15 is 0 Å². The lowest BCUT2D eigenvalue weighted by molar-refractivity contribution is 0.0423. The second-order valence-corrected chi connectivity index (χ2v) is 5.63. The van der Waals surface area contributed by atoms with Crippen LogP contribution in [0.15, 0.2) is 24.3 Å². The lowest BCUT2D eigenvalue weighted by Crippen LogP contribution is -2.29. The van der Waals surface area contributed by atoms with Crippen molar-refractivity contribution in [1.29, 1.82) is 0 Å². The van der Waals surface area contributed by atoms with Crippen molar-refractivity contribution < 1.29 is 9.13 Å². The molecule has 0 spiro atoms. The summed E-state index contributed by atoms with van der Waals surface area (Å²) in [6, 6.07) is 7.22. The molecule has 0 fully saturated rings. The van der Waals surface area contributed by atoms with Gasteiger partial charge in [-0.2, -0.15) is 0 Å². The minimum absolute atomic E-state index is 0.192. The summed E-state index contributed by atoms with van der Waals surface area (Å²) in [6.45, 7) is 9.77. The van der Waals surface area contributed by atoms with Gasteiger partial charge in [-0.15, -0.1) is 0 Å². The van der Waals surface area contributed by atoms with Crippen LogP contribution in [0.3, 0.4) is 0 Å². The largest absolute Gasteiger partial charge is 0.372 e. The van der Waals surface area contributed by atoms with E-state index in [1.807, 2.05) is 6.07 Å². The lowest BCUT2D eigenvalue weighted by Gasteiger charge is -2.21. The van der Waals surface area contributed by atoms with Gasteiger partial charge in [0.05, 0.1) is 6.10 Å². The van der Waals surface area contributed by atoms with Gasteiger partial charge < -0.3 is 10.1 Å². The summed E-state index contributed by atoms with van der Waals surface area (Å²) < 4.78 is 19.7. The molecule has 0 amide bonds. The maximum Gasteiger partial charge on any atom is 0.129 e. The van der Waals surface area contributed by atoms with Gasteiger partial charge in [0.15, 0.2) is 0 Å². The first-order chi connectivity index (χ1) is 9.00. The fourth-order valence-corrected chi connectivity index (χ4v) is 1.78. The van der Waals surface area contributed by atoms with Crippen LogP contribution in [-0.2, 0) is 4.74 Å². The zero-order valence-corrected chi connectivity index (χ0v) is 12.4. The molecule has 0 saturated carbocycles. The Morgan fingerprint density at radius 1 is 1.16 bits per heavy atom. The molecule has 108 valence electrons. The van der Waals surface area contributed by atoms with E-state index in [1.165, 1.54) is 6.07 Å². The summed E-state index contributed by atoms with van der Waals surface area (Å²) in [5, 5.41) is 3.32. The maximum atomic E-state index is 13.8. The summed E-state index contributed by atoms with van der Waals surface area (Å²) in [4.78, 5) is 0. The molecule has 1 atom stereocenters. The van der Waals surface area contributed by atoms with Gasteiger partial charge in [-0.25, -0.2) is 4.39 Å². The van der Waals surface area contributed by atoms with Crippen LogP contribution in [0.5, 0.6) is 0 Å². The lowest BCUT2D eigenvalue weighted by atomic mass is 10.1. The molecule has 1 N–H and O–H groups in total. The van der Waals surface area contributed by atoms with E-state index in [4.69, 9.17) is 4.74 Å². The maximum absolute atomic E-state index is 13.8. The molecular weight excluding hydrogens is 241 g/mol. The summed E-state index contributed by atoms with van der Waals surface area (Å²) in [6.07, 6.45) is 0.773. The van der Waals surface area contributed by atoms with Crippen LogP contribution in [-0.4, -0.2) is 19.2 Å². The molecule has 0 aliphatic rings. The van der Waals surface area contributed by atoms with Crippen molar-refractivity contribution in [3.63, 3.8) is 0 Å². The molecule has 0 radical (unpaired) electrons. The Hall–Kier alpha value is -0.930. The topological polar surface area (TPSA) is 21.3 Å². The minimum atomic E-state index is -0.220. The Morgan fingerprint density at radius 2 is 1.84 bits per heavy atom. The Morgan fingerprint density at radius 3 is 2.42 bits per heavy atom. The van der Waals surface area contributed by atoms with Crippen molar-refractivity contribution in [3.05, 3.63) is 35.6 Å².